The molecule has 2 atom stereocenters. The largest absolute Gasteiger partial charge is 0.383 e. The highest BCUT2D eigenvalue weighted by Crippen LogP contribution is 2.18. The van der Waals surface area contributed by atoms with E-state index in [4.69, 9.17) is 4.74 Å². The second kappa shape index (κ2) is 5.97. The summed E-state index contributed by atoms with van der Waals surface area (Å²) < 4.78 is 6.73. The molecule has 1 aliphatic rings. The van der Waals surface area contributed by atoms with Crippen molar-refractivity contribution in [2.45, 2.75) is 13.5 Å². The molecule has 0 bridgehead atoms. The molecule has 1 saturated heterocycles. The smallest absolute Gasteiger partial charge is 0.229 e. The molecule has 1 amide bonds. The first-order chi connectivity index (χ1) is 8.70. The Balaban J connectivity index is 1.88. The van der Waals surface area contributed by atoms with Crippen molar-refractivity contribution in [1.29, 1.82) is 0 Å². The number of hydrogen-bond donors (Lipinski definition) is 2. The van der Waals surface area contributed by atoms with Crippen LogP contribution in [0.4, 0.5) is 5.69 Å². The molecule has 1 aromatic rings. The number of anilines is 1. The summed E-state index contributed by atoms with van der Waals surface area (Å²) in [5.41, 5.74) is 0.746. The molecular formula is C12H20N4O2. The first kappa shape index (κ1) is 13.0. The lowest BCUT2D eigenvalue weighted by molar-refractivity contribution is -0.120. The van der Waals surface area contributed by atoms with Crippen LogP contribution in [0.2, 0.25) is 0 Å². The molecule has 0 aromatic carbocycles. The Hall–Kier alpha value is -1.40. The number of hydrogen-bond acceptors (Lipinski definition) is 4. The summed E-state index contributed by atoms with van der Waals surface area (Å²) in [6.07, 6.45) is 3.49. The van der Waals surface area contributed by atoms with E-state index in [1.807, 2.05) is 6.20 Å². The summed E-state index contributed by atoms with van der Waals surface area (Å²) >= 11 is 0. The van der Waals surface area contributed by atoms with Gasteiger partial charge < -0.3 is 15.4 Å². The number of nitrogens with one attached hydrogen (secondary N) is 2. The monoisotopic (exact) mass is 252 g/mol. The van der Waals surface area contributed by atoms with Crippen molar-refractivity contribution in [2.75, 3.05) is 32.1 Å². The van der Waals surface area contributed by atoms with Crippen LogP contribution < -0.4 is 10.6 Å². The maximum Gasteiger partial charge on any atom is 0.229 e. The van der Waals surface area contributed by atoms with E-state index in [-0.39, 0.29) is 11.8 Å². The average molecular weight is 252 g/mol. The Kier molecular flexibility index (Phi) is 4.33. The summed E-state index contributed by atoms with van der Waals surface area (Å²) in [5, 5.41) is 10.3. The Morgan fingerprint density at radius 2 is 2.50 bits per heavy atom. The molecule has 1 aromatic heterocycles. The minimum absolute atomic E-state index is 0.0484. The zero-order valence-electron chi connectivity index (χ0n) is 10.8. The average Bonchev–Trinajstić information content (AvgIpc) is 2.95. The lowest BCUT2D eigenvalue weighted by Gasteiger charge is -2.12. The Morgan fingerprint density at radius 3 is 3.17 bits per heavy atom. The van der Waals surface area contributed by atoms with E-state index in [0.29, 0.717) is 19.1 Å². The Labute approximate surface area is 107 Å². The van der Waals surface area contributed by atoms with Crippen molar-refractivity contribution in [3.63, 3.8) is 0 Å². The molecule has 18 heavy (non-hydrogen) atoms. The first-order valence-electron chi connectivity index (χ1n) is 6.23. The molecule has 6 heteroatoms. The van der Waals surface area contributed by atoms with E-state index in [0.717, 1.165) is 18.8 Å². The van der Waals surface area contributed by atoms with E-state index in [2.05, 4.69) is 22.7 Å². The Morgan fingerprint density at radius 1 is 1.67 bits per heavy atom. The van der Waals surface area contributed by atoms with Gasteiger partial charge in [-0.15, -0.1) is 0 Å². The fraction of sp³-hybridized carbons (Fsp3) is 0.667. The second-order valence-corrected chi connectivity index (χ2v) is 4.72. The lowest BCUT2D eigenvalue weighted by atomic mass is 9.97. The van der Waals surface area contributed by atoms with Gasteiger partial charge in [-0.1, -0.05) is 6.92 Å². The zero-order valence-corrected chi connectivity index (χ0v) is 10.8. The maximum absolute atomic E-state index is 12.0. The van der Waals surface area contributed by atoms with E-state index >= 15 is 0 Å². The van der Waals surface area contributed by atoms with Crippen LogP contribution in [-0.4, -0.2) is 42.5 Å². The number of methoxy groups -OCH3 is 1. The highest BCUT2D eigenvalue weighted by Gasteiger charge is 2.29. The van der Waals surface area contributed by atoms with Crippen LogP contribution in [0.1, 0.15) is 6.92 Å². The fourth-order valence-corrected chi connectivity index (χ4v) is 2.13. The number of nitrogens with zero attached hydrogens (tertiary/aromatic N) is 2. The molecule has 1 aliphatic heterocycles. The SMILES string of the molecule is COCCn1cc(NC(=O)[C@@H]2CNC[C@H]2C)cn1. The molecule has 0 unspecified atom stereocenters. The lowest BCUT2D eigenvalue weighted by Crippen LogP contribution is -2.27. The number of rotatable bonds is 5. The van der Waals surface area contributed by atoms with Gasteiger partial charge in [0.2, 0.25) is 5.91 Å². The molecule has 0 radical (unpaired) electrons. The van der Waals surface area contributed by atoms with Crippen molar-refractivity contribution >= 4 is 11.6 Å². The van der Waals surface area contributed by atoms with Crippen molar-refractivity contribution < 1.29 is 9.53 Å². The van der Waals surface area contributed by atoms with Gasteiger partial charge in [0, 0.05) is 19.9 Å². The molecule has 1 fully saturated rings. The van der Waals surface area contributed by atoms with Gasteiger partial charge in [0.25, 0.3) is 0 Å². The van der Waals surface area contributed by atoms with E-state index < -0.39 is 0 Å². The van der Waals surface area contributed by atoms with Crippen molar-refractivity contribution in [1.82, 2.24) is 15.1 Å². The van der Waals surface area contributed by atoms with Gasteiger partial charge in [-0.25, -0.2) is 0 Å². The number of carbonyl (C=O) groups is 1. The zero-order chi connectivity index (χ0) is 13.0. The van der Waals surface area contributed by atoms with Crippen molar-refractivity contribution in [2.24, 2.45) is 11.8 Å². The van der Waals surface area contributed by atoms with Gasteiger partial charge in [-0.05, 0) is 12.5 Å². The summed E-state index contributed by atoms with van der Waals surface area (Å²) in [7, 11) is 1.65. The van der Waals surface area contributed by atoms with Gasteiger partial charge >= 0.3 is 0 Å². The highest BCUT2D eigenvalue weighted by atomic mass is 16.5. The van der Waals surface area contributed by atoms with Gasteiger partial charge in [0.15, 0.2) is 0 Å². The van der Waals surface area contributed by atoms with E-state index in [1.165, 1.54) is 0 Å². The third kappa shape index (κ3) is 3.08. The quantitative estimate of drug-likeness (QED) is 0.792. The van der Waals surface area contributed by atoms with Crippen molar-refractivity contribution in [3.8, 4) is 0 Å². The predicted octanol–water partition coefficient (Wildman–Crippen LogP) is 0.324. The third-order valence-electron chi connectivity index (χ3n) is 3.28. The molecule has 2 heterocycles. The van der Waals surface area contributed by atoms with Crippen molar-refractivity contribution in [3.05, 3.63) is 12.4 Å². The second-order valence-electron chi connectivity index (χ2n) is 4.72. The van der Waals surface area contributed by atoms with Crippen LogP contribution in [0.3, 0.4) is 0 Å². The first-order valence-corrected chi connectivity index (χ1v) is 6.23. The normalized spacial score (nSPS) is 23.2. The molecule has 0 aliphatic carbocycles. The minimum atomic E-state index is 0.0484. The van der Waals surface area contributed by atoms with Crippen LogP contribution >= 0.6 is 0 Å². The van der Waals surface area contributed by atoms with Gasteiger partial charge in [0.05, 0.1) is 31.0 Å². The predicted molar refractivity (Wildman–Crippen MR) is 68.3 cm³/mol. The molecule has 2 N–H and O–H groups in total. The van der Waals surface area contributed by atoms with Crippen LogP contribution in [0.15, 0.2) is 12.4 Å². The fourth-order valence-electron chi connectivity index (χ4n) is 2.13. The third-order valence-corrected chi connectivity index (χ3v) is 3.28. The van der Waals surface area contributed by atoms with Crippen LogP contribution in [0, 0.1) is 11.8 Å². The summed E-state index contributed by atoms with van der Waals surface area (Å²) in [6, 6.07) is 0. The van der Waals surface area contributed by atoms with Gasteiger partial charge in [-0.3, -0.25) is 9.48 Å². The van der Waals surface area contributed by atoms with Gasteiger partial charge in [-0.2, -0.15) is 5.10 Å². The summed E-state index contributed by atoms with van der Waals surface area (Å²) in [4.78, 5) is 12.0. The highest BCUT2D eigenvalue weighted by molar-refractivity contribution is 5.92. The minimum Gasteiger partial charge on any atom is -0.383 e. The van der Waals surface area contributed by atoms with E-state index in [9.17, 15) is 4.79 Å². The van der Waals surface area contributed by atoms with E-state index in [1.54, 1.807) is 18.0 Å². The molecule has 2 rings (SSSR count). The molecular weight excluding hydrogens is 232 g/mol. The molecule has 0 spiro atoms. The number of ether oxygens (including phenoxy) is 1. The standard InChI is InChI=1S/C12H20N4O2/c1-9-5-13-7-11(9)12(17)15-10-6-14-16(8-10)3-4-18-2/h6,8-9,11,13H,3-5,7H2,1-2H3,(H,15,17)/t9-,11-/m1/s1. The summed E-state index contributed by atoms with van der Waals surface area (Å²) in [6.45, 7) is 5.05. The maximum atomic E-state index is 12.0. The number of carbonyl (C=O) groups excluding carboxylic acids is 1. The molecule has 6 nitrogen and oxygen atoms in total. The Bertz CT molecular complexity index is 405. The molecule has 0 saturated carbocycles. The van der Waals surface area contributed by atoms with Crippen LogP contribution in [0.25, 0.3) is 0 Å². The molecule has 100 valence electrons. The number of amides is 1. The number of aromatic nitrogens is 2. The van der Waals surface area contributed by atoms with Crippen LogP contribution in [-0.2, 0) is 16.1 Å². The topological polar surface area (TPSA) is 68.2 Å². The summed E-state index contributed by atoms with van der Waals surface area (Å²) in [5.74, 6) is 0.500. The van der Waals surface area contributed by atoms with Gasteiger partial charge in [0.1, 0.15) is 0 Å². The van der Waals surface area contributed by atoms with Crippen LogP contribution in [0.5, 0.6) is 0 Å².